The first-order valence-corrected chi connectivity index (χ1v) is 5.43. The Kier molecular flexibility index (Phi) is 4.67. The molecule has 0 atom stereocenters. The van der Waals surface area contributed by atoms with Crippen LogP contribution < -0.4 is 10.6 Å². The fourth-order valence-corrected chi connectivity index (χ4v) is 1.54. The van der Waals surface area contributed by atoms with Gasteiger partial charge in [0.05, 0.1) is 0 Å². The van der Waals surface area contributed by atoms with Crippen LogP contribution in [0, 0.1) is 11.6 Å². The number of halogens is 3. The lowest BCUT2D eigenvalue weighted by Crippen LogP contribution is -2.21. The minimum absolute atomic E-state index is 0.158. The number of hydrogen-bond acceptors (Lipinski definition) is 2. The molecule has 1 amide bonds. The minimum Gasteiger partial charge on any atom is -0.380 e. The predicted octanol–water partition coefficient (Wildman–Crippen LogP) is 2.28. The van der Waals surface area contributed by atoms with Gasteiger partial charge in [0.2, 0.25) is 5.91 Å². The zero-order valence-electron chi connectivity index (χ0n) is 8.61. The Morgan fingerprint density at radius 3 is 2.44 bits per heavy atom. The molecule has 3 nitrogen and oxygen atoms in total. The molecule has 1 aromatic carbocycles. The molecule has 0 aliphatic rings. The second kappa shape index (κ2) is 5.79. The molecule has 0 aliphatic heterocycles. The van der Waals surface area contributed by atoms with Crippen molar-refractivity contribution in [2.45, 2.75) is 6.42 Å². The highest BCUT2D eigenvalue weighted by Gasteiger charge is 2.10. The van der Waals surface area contributed by atoms with Crippen molar-refractivity contribution in [1.82, 2.24) is 5.32 Å². The van der Waals surface area contributed by atoms with Crippen LogP contribution in [0.25, 0.3) is 0 Å². The minimum atomic E-state index is -0.691. The summed E-state index contributed by atoms with van der Waals surface area (Å²) >= 11 is 2.98. The van der Waals surface area contributed by atoms with Crippen LogP contribution in [0.1, 0.15) is 6.42 Å². The van der Waals surface area contributed by atoms with Crippen LogP contribution in [0.5, 0.6) is 0 Å². The Labute approximate surface area is 100 Å². The van der Waals surface area contributed by atoms with E-state index in [2.05, 4.69) is 26.6 Å². The summed E-state index contributed by atoms with van der Waals surface area (Å²) in [5, 5.41) is 4.96. The van der Waals surface area contributed by atoms with E-state index in [1.807, 2.05) is 0 Å². The van der Waals surface area contributed by atoms with Gasteiger partial charge in [-0.05, 0) is 12.1 Å². The van der Waals surface area contributed by atoms with Crippen LogP contribution in [-0.4, -0.2) is 19.5 Å². The fraction of sp³-hybridized carbons (Fsp3) is 0.300. The SMILES string of the molecule is CNC(=O)CCNc1c(F)cc(Br)cc1F. The molecule has 1 rings (SSSR count). The van der Waals surface area contributed by atoms with E-state index in [0.717, 1.165) is 12.1 Å². The summed E-state index contributed by atoms with van der Waals surface area (Å²) < 4.78 is 26.9. The first-order valence-electron chi connectivity index (χ1n) is 4.63. The lowest BCUT2D eigenvalue weighted by Gasteiger charge is -2.08. The van der Waals surface area contributed by atoms with Crippen molar-refractivity contribution in [3.05, 3.63) is 28.2 Å². The van der Waals surface area contributed by atoms with E-state index in [9.17, 15) is 13.6 Å². The van der Waals surface area contributed by atoms with Gasteiger partial charge < -0.3 is 10.6 Å². The van der Waals surface area contributed by atoms with E-state index in [4.69, 9.17) is 0 Å². The highest BCUT2D eigenvalue weighted by Crippen LogP contribution is 2.23. The molecule has 0 saturated carbocycles. The Morgan fingerprint density at radius 2 is 1.94 bits per heavy atom. The topological polar surface area (TPSA) is 41.1 Å². The number of amides is 1. The maximum atomic E-state index is 13.3. The standard InChI is InChI=1S/C10H11BrF2N2O/c1-14-9(16)2-3-15-10-7(12)4-6(11)5-8(10)13/h4-5,15H,2-3H2,1H3,(H,14,16). The van der Waals surface area contributed by atoms with Gasteiger partial charge in [0, 0.05) is 24.5 Å². The van der Waals surface area contributed by atoms with Crippen molar-refractivity contribution >= 4 is 27.5 Å². The summed E-state index contributed by atoms with van der Waals surface area (Å²) in [6.45, 7) is 0.176. The molecular formula is C10H11BrF2N2O. The van der Waals surface area contributed by atoms with E-state index < -0.39 is 11.6 Å². The van der Waals surface area contributed by atoms with Crippen LogP contribution in [0.15, 0.2) is 16.6 Å². The zero-order valence-corrected chi connectivity index (χ0v) is 10.2. The van der Waals surface area contributed by atoms with Gasteiger partial charge in [-0.2, -0.15) is 0 Å². The summed E-state index contributed by atoms with van der Waals surface area (Å²) in [7, 11) is 1.50. The van der Waals surface area contributed by atoms with Crippen LogP contribution in [0.3, 0.4) is 0 Å². The summed E-state index contributed by atoms with van der Waals surface area (Å²) in [4.78, 5) is 10.9. The molecule has 1 aromatic rings. The first-order chi connectivity index (χ1) is 7.54. The number of rotatable bonds is 4. The van der Waals surface area contributed by atoms with Crippen molar-refractivity contribution in [3.8, 4) is 0 Å². The van der Waals surface area contributed by atoms with Crippen molar-refractivity contribution in [2.24, 2.45) is 0 Å². The molecule has 0 saturated heterocycles. The third-order valence-electron chi connectivity index (χ3n) is 1.94. The second-order valence-corrected chi connectivity index (χ2v) is 4.01. The number of nitrogens with one attached hydrogen (secondary N) is 2. The molecule has 6 heteroatoms. The normalized spacial score (nSPS) is 10.0. The molecule has 0 radical (unpaired) electrons. The Balaban J connectivity index is 2.64. The Morgan fingerprint density at radius 1 is 1.38 bits per heavy atom. The predicted molar refractivity (Wildman–Crippen MR) is 61.2 cm³/mol. The number of hydrogen-bond donors (Lipinski definition) is 2. The molecule has 0 unspecified atom stereocenters. The highest BCUT2D eigenvalue weighted by atomic mass is 79.9. The molecule has 0 aromatic heterocycles. The van der Waals surface area contributed by atoms with Gasteiger partial charge >= 0.3 is 0 Å². The smallest absolute Gasteiger partial charge is 0.221 e. The van der Waals surface area contributed by atoms with Crippen molar-refractivity contribution < 1.29 is 13.6 Å². The zero-order chi connectivity index (χ0) is 12.1. The quantitative estimate of drug-likeness (QED) is 0.894. The van der Waals surface area contributed by atoms with Gasteiger partial charge in [-0.15, -0.1) is 0 Å². The van der Waals surface area contributed by atoms with E-state index in [1.54, 1.807) is 0 Å². The second-order valence-electron chi connectivity index (χ2n) is 3.09. The average molecular weight is 293 g/mol. The first kappa shape index (κ1) is 12.9. The lowest BCUT2D eigenvalue weighted by molar-refractivity contribution is -0.120. The third-order valence-corrected chi connectivity index (χ3v) is 2.40. The molecule has 0 bridgehead atoms. The summed E-state index contributed by atoms with van der Waals surface area (Å²) in [6, 6.07) is 2.32. The van der Waals surface area contributed by atoms with Gasteiger partial charge in [-0.3, -0.25) is 4.79 Å². The average Bonchev–Trinajstić information content (AvgIpc) is 2.21. The molecule has 0 heterocycles. The van der Waals surface area contributed by atoms with Crippen LogP contribution >= 0.6 is 15.9 Å². The third kappa shape index (κ3) is 3.44. The number of carbonyl (C=O) groups excluding carboxylic acids is 1. The van der Waals surface area contributed by atoms with Crippen molar-refractivity contribution in [1.29, 1.82) is 0 Å². The fourth-order valence-electron chi connectivity index (χ4n) is 1.14. The number of anilines is 1. The molecule has 0 spiro atoms. The van der Waals surface area contributed by atoms with Gasteiger partial charge in [-0.25, -0.2) is 8.78 Å². The van der Waals surface area contributed by atoms with Gasteiger partial charge in [0.1, 0.15) is 17.3 Å². The maximum absolute atomic E-state index is 13.3. The lowest BCUT2D eigenvalue weighted by atomic mass is 10.3. The molecular weight excluding hydrogens is 282 g/mol. The van der Waals surface area contributed by atoms with E-state index in [-0.39, 0.29) is 24.6 Å². The Bertz CT molecular complexity index is 375. The van der Waals surface area contributed by atoms with Crippen molar-refractivity contribution in [2.75, 3.05) is 18.9 Å². The summed E-state index contributed by atoms with van der Waals surface area (Å²) in [5.41, 5.74) is -0.216. The maximum Gasteiger partial charge on any atom is 0.221 e. The van der Waals surface area contributed by atoms with Crippen LogP contribution in [0.4, 0.5) is 14.5 Å². The monoisotopic (exact) mass is 292 g/mol. The van der Waals surface area contributed by atoms with E-state index in [1.165, 1.54) is 7.05 Å². The van der Waals surface area contributed by atoms with Gasteiger partial charge in [-0.1, -0.05) is 15.9 Å². The molecule has 16 heavy (non-hydrogen) atoms. The molecule has 88 valence electrons. The molecule has 0 aliphatic carbocycles. The van der Waals surface area contributed by atoms with Crippen LogP contribution in [0.2, 0.25) is 0 Å². The van der Waals surface area contributed by atoms with Crippen LogP contribution in [-0.2, 0) is 4.79 Å². The Hall–Kier alpha value is -1.17. The summed E-state index contributed by atoms with van der Waals surface area (Å²) in [5.74, 6) is -1.57. The molecule has 2 N–H and O–H groups in total. The van der Waals surface area contributed by atoms with Gasteiger partial charge in [0.25, 0.3) is 0 Å². The highest BCUT2D eigenvalue weighted by molar-refractivity contribution is 9.10. The van der Waals surface area contributed by atoms with E-state index in [0.29, 0.717) is 4.47 Å². The van der Waals surface area contributed by atoms with Gasteiger partial charge in [0.15, 0.2) is 0 Å². The largest absolute Gasteiger partial charge is 0.380 e. The molecule has 0 fully saturated rings. The number of carbonyl (C=O) groups is 1. The number of benzene rings is 1. The van der Waals surface area contributed by atoms with Crippen molar-refractivity contribution in [3.63, 3.8) is 0 Å². The van der Waals surface area contributed by atoms with E-state index >= 15 is 0 Å². The summed E-state index contributed by atoms with van der Waals surface area (Å²) in [6.07, 6.45) is 0.158.